The van der Waals surface area contributed by atoms with Gasteiger partial charge in [-0.05, 0) is 61.4 Å². The Morgan fingerprint density at radius 3 is 2.24 bits per heavy atom. The lowest BCUT2D eigenvalue weighted by Crippen LogP contribution is -2.17. The number of nitrogens with zero attached hydrogens (tertiary/aromatic N) is 4. The van der Waals surface area contributed by atoms with Gasteiger partial charge in [-0.2, -0.15) is 5.10 Å². The molecule has 1 aliphatic heterocycles. The van der Waals surface area contributed by atoms with Gasteiger partial charge in [0.2, 0.25) is 0 Å². The molecule has 0 atom stereocenters. The summed E-state index contributed by atoms with van der Waals surface area (Å²) in [5.74, 6) is -0.126. The summed E-state index contributed by atoms with van der Waals surface area (Å²) in [6.07, 6.45) is 5.61. The Bertz CT molecular complexity index is 835. The molecule has 0 unspecified atom stereocenters. The molecule has 0 bridgehead atoms. The number of hydrogen-bond acceptors (Lipinski definition) is 4. The van der Waals surface area contributed by atoms with Gasteiger partial charge in [-0.1, -0.05) is 0 Å². The number of anilines is 2. The lowest BCUT2D eigenvalue weighted by molar-refractivity contribution is 0.102. The van der Waals surface area contributed by atoms with Crippen molar-refractivity contribution < 1.29 is 4.79 Å². The van der Waals surface area contributed by atoms with Crippen LogP contribution in [0.25, 0.3) is 5.69 Å². The maximum atomic E-state index is 12.4. The van der Waals surface area contributed by atoms with Crippen LogP contribution in [0.5, 0.6) is 0 Å². The standard InChI is InChI=1S/C19H19N5O/c25-19(15-3-7-18(8-4-15)24-14-20-13-21-24)22-16-5-9-17(10-6-16)23-11-1-2-12-23/h3-10,13-14H,1-2,11-12H2,(H,22,25). The van der Waals surface area contributed by atoms with Gasteiger partial charge in [0.15, 0.2) is 0 Å². The van der Waals surface area contributed by atoms with E-state index in [1.165, 1.54) is 24.9 Å². The van der Waals surface area contributed by atoms with E-state index in [-0.39, 0.29) is 5.91 Å². The zero-order valence-corrected chi connectivity index (χ0v) is 13.8. The van der Waals surface area contributed by atoms with Crippen molar-refractivity contribution >= 4 is 17.3 Å². The number of carbonyl (C=O) groups is 1. The predicted molar refractivity (Wildman–Crippen MR) is 97.2 cm³/mol. The van der Waals surface area contributed by atoms with E-state index in [2.05, 4.69) is 32.4 Å². The highest BCUT2D eigenvalue weighted by atomic mass is 16.1. The van der Waals surface area contributed by atoms with Gasteiger partial charge >= 0.3 is 0 Å². The van der Waals surface area contributed by atoms with Gasteiger partial charge in [-0.25, -0.2) is 9.67 Å². The fourth-order valence-corrected chi connectivity index (χ4v) is 3.04. The number of amides is 1. The highest BCUT2D eigenvalue weighted by Gasteiger charge is 2.12. The number of carbonyl (C=O) groups excluding carboxylic acids is 1. The predicted octanol–water partition coefficient (Wildman–Crippen LogP) is 3.12. The molecule has 0 spiro atoms. The monoisotopic (exact) mass is 333 g/mol. The van der Waals surface area contributed by atoms with Crippen LogP contribution in [-0.2, 0) is 0 Å². The maximum Gasteiger partial charge on any atom is 0.255 e. The Labute approximate surface area is 146 Å². The first kappa shape index (κ1) is 15.4. The van der Waals surface area contributed by atoms with Crippen LogP contribution in [0.2, 0.25) is 0 Å². The summed E-state index contributed by atoms with van der Waals surface area (Å²) in [6.45, 7) is 2.23. The van der Waals surface area contributed by atoms with Crippen LogP contribution >= 0.6 is 0 Å². The van der Waals surface area contributed by atoms with E-state index in [4.69, 9.17) is 0 Å². The summed E-state index contributed by atoms with van der Waals surface area (Å²) in [4.78, 5) is 18.7. The SMILES string of the molecule is O=C(Nc1ccc(N2CCCC2)cc1)c1ccc(-n2cncn2)cc1. The molecule has 4 rings (SSSR count). The van der Waals surface area contributed by atoms with Crippen molar-refractivity contribution in [3.05, 3.63) is 66.7 Å². The number of aromatic nitrogens is 3. The molecule has 1 amide bonds. The molecule has 1 saturated heterocycles. The third-order valence-electron chi connectivity index (χ3n) is 4.41. The summed E-state index contributed by atoms with van der Waals surface area (Å²) >= 11 is 0. The van der Waals surface area contributed by atoms with Crippen molar-refractivity contribution in [3.63, 3.8) is 0 Å². The first-order chi connectivity index (χ1) is 12.3. The van der Waals surface area contributed by atoms with Crippen LogP contribution in [0.1, 0.15) is 23.2 Å². The number of rotatable bonds is 4. The molecule has 2 aromatic carbocycles. The molecule has 6 nitrogen and oxygen atoms in total. The lowest BCUT2D eigenvalue weighted by Gasteiger charge is -2.17. The quantitative estimate of drug-likeness (QED) is 0.797. The van der Waals surface area contributed by atoms with E-state index < -0.39 is 0 Å². The minimum absolute atomic E-state index is 0.126. The van der Waals surface area contributed by atoms with Crippen LogP contribution in [0, 0.1) is 0 Å². The lowest BCUT2D eigenvalue weighted by atomic mass is 10.2. The van der Waals surface area contributed by atoms with E-state index in [1.54, 1.807) is 23.1 Å². The molecule has 0 aliphatic carbocycles. The third-order valence-corrected chi connectivity index (χ3v) is 4.41. The fraction of sp³-hybridized carbons (Fsp3) is 0.211. The average Bonchev–Trinajstić information content (AvgIpc) is 3.36. The molecular weight excluding hydrogens is 314 g/mol. The Hall–Kier alpha value is -3.15. The van der Waals surface area contributed by atoms with E-state index in [1.807, 2.05) is 24.3 Å². The fourth-order valence-electron chi connectivity index (χ4n) is 3.04. The largest absolute Gasteiger partial charge is 0.372 e. The summed E-state index contributed by atoms with van der Waals surface area (Å²) in [7, 11) is 0. The number of hydrogen-bond donors (Lipinski definition) is 1. The second kappa shape index (κ2) is 6.76. The van der Waals surface area contributed by atoms with Crippen LogP contribution in [0.4, 0.5) is 11.4 Å². The van der Waals surface area contributed by atoms with Crippen LogP contribution < -0.4 is 10.2 Å². The number of nitrogens with one attached hydrogen (secondary N) is 1. The highest BCUT2D eigenvalue weighted by molar-refractivity contribution is 6.04. The van der Waals surface area contributed by atoms with Crippen molar-refractivity contribution in [1.82, 2.24) is 14.8 Å². The molecule has 6 heteroatoms. The van der Waals surface area contributed by atoms with Crippen molar-refractivity contribution in [3.8, 4) is 5.69 Å². The molecule has 126 valence electrons. The summed E-state index contributed by atoms with van der Waals surface area (Å²) in [5.41, 5.74) is 3.48. The Morgan fingerprint density at radius 1 is 0.920 bits per heavy atom. The number of benzene rings is 2. The topological polar surface area (TPSA) is 63.1 Å². The molecule has 0 saturated carbocycles. The molecule has 25 heavy (non-hydrogen) atoms. The van der Waals surface area contributed by atoms with Crippen molar-refractivity contribution in [2.24, 2.45) is 0 Å². The zero-order chi connectivity index (χ0) is 17.1. The zero-order valence-electron chi connectivity index (χ0n) is 13.8. The van der Waals surface area contributed by atoms with Gasteiger partial charge in [0.1, 0.15) is 12.7 Å². The van der Waals surface area contributed by atoms with Crippen LogP contribution in [-0.4, -0.2) is 33.8 Å². The van der Waals surface area contributed by atoms with Gasteiger partial charge in [0, 0.05) is 30.0 Å². The Kier molecular flexibility index (Phi) is 4.16. The van der Waals surface area contributed by atoms with E-state index in [0.717, 1.165) is 24.5 Å². The summed E-state index contributed by atoms with van der Waals surface area (Å²) in [5, 5.41) is 7.01. The van der Waals surface area contributed by atoms with Crippen molar-refractivity contribution in [2.75, 3.05) is 23.3 Å². The second-order valence-electron chi connectivity index (χ2n) is 6.08. The van der Waals surface area contributed by atoms with E-state index in [0.29, 0.717) is 5.56 Å². The van der Waals surface area contributed by atoms with Gasteiger partial charge < -0.3 is 10.2 Å². The molecule has 1 aliphatic rings. The van der Waals surface area contributed by atoms with Crippen molar-refractivity contribution in [1.29, 1.82) is 0 Å². The average molecular weight is 333 g/mol. The van der Waals surface area contributed by atoms with E-state index >= 15 is 0 Å². The normalized spacial score (nSPS) is 13.8. The van der Waals surface area contributed by atoms with Crippen molar-refractivity contribution in [2.45, 2.75) is 12.8 Å². The molecule has 2 heterocycles. The minimum atomic E-state index is -0.126. The molecule has 1 N–H and O–H groups in total. The molecule has 0 radical (unpaired) electrons. The minimum Gasteiger partial charge on any atom is -0.372 e. The smallest absolute Gasteiger partial charge is 0.255 e. The van der Waals surface area contributed by atoms with Gasteiger partial charge in [-0.15, -0.1) is 0 Å². The first-order valence-electron chi connectivity index (χ1n) is 8.41. The molecule has 3 aromatic rings. The first-order valence-corrected chi connectivity index (χ1v) is 8.41. The van der Waals surface area contributed by atoms with Gasteiger partial charge in [0.25, 0.3) is 5.91 Å². The van der Waals surface area contributed by atoms with Crippen LogP contribution in [0.3, 0.4) is 0 Å². The second-order valence-corrected chi connectivity index (χ2v) is 6.08. The molecule has 1 aromatic heterocycles. The Morgan fingerprint density at radius 2 is 1.60 bits per heavy atom. The molecular formula is C19H19N5O. The Balaban J connectivity index is 1.42. The van der Waals surface area contributed by atoms with Crippen LogP contribution in [0.15, 0.2) is 61.2 Å². The van der Waals surface area contributed by atoms with E-state index in [9.17, 15) is 4.79 Å². The van der Waals surface area contributed by atoms with Gasteiger partial charge in [-0.3, -0.25) is 4.79 Å². The summed E-state index contributed by atoms with van der Waals surface area (Å²) in [6, 6.07) is 15.3. The highest BCUT2D eigenvalue weighted by Crippen LogP contribution is 2.22. The molecule has 1 fully saturated rings. The maximum absolute atomic E-state index is 12.4. The third kappa shape index (κ3) is 3.38. The summed E-state index contributed by atoms with van der Waals surface area (Å²) < 4.78 is 1.65. The van der Waals surface area contributed by atoms with Gasteiger partial charge in [0.05, 0.1) is 5.69 Å².